The van der Waals surface area contributed by atoms with Gasteiger partial charge >= 0.3 is 0 Å². The SMILES string of the molecule is Nc1ccc(Br)cc1NCC1(O)CCCCC1. The molecule has 94 valence electrons. The Morgan fingerprint density at radius 1 is 1.29 bits per heavy atom. The van der Waals surface area contributed by atoms with Crippen molar-refractivity contribution in [2.75, 3.05) is 17.6 Å². The minimum atomic E-state index is -0.562. The van der Waals surface area contributed by atoms with Crippen LogP contribution < -0.4 is 11.1 Å². The first-order valence-electron chi connectivity index (χ1n) is 6.10. The van der Waals surface area contributed by atoms with Gasteiger partial charge < -0.3 is 16.2 Å². The molecule has 0 bridgehead atoms. The normalized spacial score (nSPS) is 18.9. The molecule has 0 amide bonds. The predicted molar refractivity (Wildman–Crippen MR) is 75.1 cm³/mol. The number of rotatable bonds is 3. The van der Waals surface area contributed by atoms with Gasteiger partial charge in [-0.15, -0.1) is 0 Å². The van der Waals surface area contributed by atoms with E-state index in [1.165, 1.54) is 6.42 Å². The summed E-state index contributed by atoms with van der Waals surface area (Å²) in [5, 5.41) is 13.6. The van der Waals surface area contributed by atoms with E-state index in [0.29, 0.717) is 12.2 Å². The van der Waals surface area contributed by atoms with Crippen LogP contribution in [0.4, 0.5) is 11.4 Å². The molecule has 2 rings (SSSR count). The number of nitrogens with two attached hydrogens (primary N) is 1. The summed E-state index contributed by atoms with van der Waals surface area (Å²) in [6, 6.07) is 5.72. The quantitative estimate of drug-likeness (QED) is 0.752. The third-order valence-corrected chi connectivity index (χ3v) is 3.90. The Labute approximate surface area is 111 Å². The highest BCUT2D eigenvalue weighted by atomic mass is 79.9. The maximum Gasteiger partial charge on any atom is 0.0819 e. The number of benzene rings is 1. The molecule has 3 nitrogen and oxygen atoms in total. The van der Waals surface area contributed by atoms with Gasteiger partial charge in [0.15, 0.2) is 0 Å². The lowest BCUT2D eigenvalue weighted by atomic mass is 9.85. The van der Waals surface area contributed by atoms with Crippen LogP contribution in [0.15, 0.2) is 22.7 Å². The van der Waals surface area contributed by atoms with Gasteiger partial charge in [0.25, 0.3) is 0 Å². The molecule has 1 saturated carbocycles. The Balaban J connectivity index is 1.99. The Bertz CT molecular complexity index is 389. The molecule has 0 unspecified atom stereocenters. The zero-order chi connectivity index (χ0) is 12.3. The van der Waals surface area contributed by atoms with Crippen molar-refractivity contribution in [3.8, 4) is 0 Å². The van der Waals surface area contributed by atoms with Crippen molar-refractivity contribution in [1.29, 1.82) is 0 Å². The smallest absolute Gasteiger partial charge is 0.0819 e. The first kappa shape index (κ1) is 12.7. The van der Waals surface area contributed by atoms with Crippen LogP contribution in [0.5, 0.6) is 0 Å². The second kappa shape index (κ2) is 5.27. The van der Waals surface area contributed by atoms with Gasteiger partial charge in [0, 0.05) is 11.0 Å². The Kier molecular flexibility index (Phi) is 3.94. The van der Waals surface area contributed by atoms with E-state index in [1.807, 2.05) is 18.2 Å². The van der Waals surface area contributed by atoms with E-state index in [4.69, 9.17) is 5.73 Å². The van der Waals surface area contributed by atoms with Crippen molar-refractivity contribution in [1.82, 2.24) is 0 Å². The summed E-state index contributed by atoms with van der Waals surface area (Å²) in [4.78, 5) is 0. The zero-order valence-electron chi connectivity index (χ0n) is 9.88. The first-order chi connectivity index (χ1) is 8.09. The average molecular weight is 299 g/mol. The highest BCUT2D eigenvalue weighted by Gasteiger charge is 2.28. The molecule has 0 radical (unpaired) electrons. The van der Waals surface area contributed by atoms with Gasteiger partial charge in [-0.2, -0.15) is 0 Å². The minimum Gasteiger partial charge on any atom is -0.397 e. The summed E-state index contributed by atoms with van der Waals surface area (Å²) in [7, 11) is 0. The zero-order valence-corrected chi connectivity index (χ0v) is 11.5. The van der Waals surface area contributed by atoms with Crippen LogP contribution in [0.2, 0.25) is 0 Å². The average Bonchev–Trinajstić information content (AvgIpc) is 2.31. The molecule has 4 heteroatoms. The van der Waals surface area contributed by atoms with Crippen molar-refractivity contribution in [2.45, 2.75) is 37.7 Å². The minimum absolute atomic E-state index is 0.562. The fourth-order valence-electron chi connectivity index (χ4n) is 2.33. The van der Waals surface area contributed by atoms with Crippen LogP contribution in [0, 0.1) is 0 Å². The van der Waals surface area contributed by atoms with Gasteiger partial charge in [-0.1, -0.05) is 35.2 Å². The fourth-order valence-corrected chi connectivity index (χ4v) is 2.69. The second-order valence-electron chi connectivity index (χ2n) is 4.87. The van der Waals surface area contributed by atoms with Gasteiger partial charge in [-0.3, -0.25) is 0 Å². The van der Waals surface area contributed by atoms with E-state index in [-0.39, 0.29) is 0 Å². The van der Waals surface area contributed by atoms with Crippen LogP contribution >= 0.6 is 15.9 Å². The summed E-state index contributed by atoms with van der Waals surface area (Å²) < 4.78 is 0.991. The molecule has 0 heterocycles. The number of nitrogen functional groups attached to an aromatic ring is 1. The standard InChI is InChI=1S/C13H19BrN2O/c14-10-4-5-11(15)12(8-10)16-9-13(17)6-2-1-3-7-13/h4-5,8,16-17H,1-3,6-7,9,15H2. The fraction of sp³-hybridized carbons (Fsp3) is 0.538. The lowest BCUT2D eigenvalue weighted by Crippen LogP contribution is -2.38. The van der Waals surface area contributed by atoms with Crippen LogP contribution in [0.3, 0.4) is 0 Å². The highest BCUT2D eigenvalue weighted by Crippen LogP contribution is 2.30. The highest BCUT2D eigenvalue weighted by molar-refractivity contribution is 9.10. The van der Waals surface area contributed by atoms with Crippen LogP contribution in [0.1, 0.15) is 32.1 Å². The third kappa shape index (κ3) is 3.36. The van der Waals surface area contributed by atoms with Crippen molar-refractivity contribution in [2.24, 2.45) is 0 Å². The van der Waals surface area contributed by atoms with Crippen LogP contribution in [-0.2, 0) is 0 Å². The number of hydrogen-bond donors (Lipinski definition) is 3. The number of hydrogen-bond acceptors (Lipinski definition) is 3. The van der Waals surface area contributed by atoms with E-state index >= 15 is 0 Å². The molecule has 0 saturated heterocycles. The lowest BCUT2D eigenvalue weighted by molar-refractivity contribution is 0.0167. The molecule has 0 aromatic heterocycles. The largest absolute Gasteiger partial charge is 0.397 e. The molecule has 1 aliphatic rings. The Hall–Kier alpha value is -0.740. The molecule has 4 N–H and O–H groups in total. The summed E-state index contributed by atoms with van der Waals surface area (Å²) in [5.74, 6) is 0. The molecule has 1 fully saturated rings. The molecular weight excluding hydrogens is 280 g/mol. The van der Waals surface area contributed by atoms with E-state index in [0.717, 1.165) is 35.8 Å². The maximum atomic E-state index is 10.4. The van der Waals surface area contributed by atoms with Crippen molar-refractivity contribution in [3.63, 3.8) is 0 Å². The van der Waals surface area contributed by atoms with Gasteiger partial charge in [0.2, 0.25) is 0 Å². The summed E-state index contributed by atoms with van der Waals surface area (Å²) in [6.07, 6.45) is 5.24. The van der Waals surface area contributed by atoms with E-state index in [2.05, 4.69) is 21.2 Å². The maximum absolute atomic E-state index is 10.4. The molecule has 1 aromatic rings. The van der Waals surface area contributed by atoms with Gasteiger partial charge in [-0.05, 0) is 31.0 Å². The van der Waals surface area contributed by atoms with Gasteiger partial charge in [0.05, 0.1) is 17.0 Å². The summed E-state index contributed by atoms with van der Waals surface area (Å²) in [5.41, 5.74) is 6.92. The van der Waals surface area contributed by atoms with E-state index < -0.39 is 5.60 Å². The monoisotopic (exact) mass is 298 g/mol. The van der Waals surface area contributed by atoms with Crippen molar-refractivity contribution >= 4 is 27.3 Å². The molecular formula is C13H19BrN2O. The Morgan fingerprint density at radius 3 is 2.71 bits per heavy atom. The lowest BCUT2D eigenvalue weighted by Gasteiger charge is -2.32. The predicted octanol–water partition coefficient (Wildman–Crippen LogP) is 3.14. The number of aliphatic hydroxyl groups is 1. The summed E-state index contributed by atoms with van der Waals surface area (Å²) >= 11 is 3.42. The van der Waals surface area contributed by atoms with Gasteiger partial charge in [0.1, 0.15) is 0 Å². The molecule has 0 spiro atoms. The topological polar surface area (TPSA) is 58.3 Å². The molecule has 1 aromatic carbocycles. The van der Waals surface area contributed by atoms with Crippen LogP contribution in [0.25, 0.3) is 0 Å². The van der Waals surface area contributed by atoms with Crippen LogP contribution in [-0.4, -0.2) is 17.3 Å². The molecule has 17 heavy (non-hydrogen) atoms. The van der Waals surface area contributed by atoms with Crippen molar-refractivity contribution < 1.29 is 5.11 Å². The number of nitrogens with one attached hydrogen (secondary N) is 1. The number of halogens is 1. The van der Waals surface area contributed by atoms with Gasteiger partial charge in [-0.25, -0.2) is 0 Å². The molecule has 0 aliphatic heterocycles. The second-order valence-corrected chi connectivity index (χ2v) is 5.79. The number of anilines is 2. The van der Waals surface area contributed by atoms with E-state index in [1.54, 1.807) is 0 Å². The Morgan fingerprint density at radius 2 is 2.00 bits per heavy atom. The summed E-state index contributed by atoms with van der Waals surface area (Å²) in [6.45, 7) is 0.577. The molecule has 0 atom stereocenters. The van der Waals surface area contributed by atoms with E-state index in [9.17, 15) is 5.11 Å². The van der Waals surface area contributed by atoms with Crippen molar-refractivity contribution in [3.05, 3.63) is 22.7 Å². The first-order valence-corrected chi connectivity index (χ1v) is 6.90. The third-order valence-electron chi connectivity index (χ3n) is 3.41. The molecule has 1 aliphatic carbocycles.